The summed E-state index contributed by atoms with van der Waals surface area (Å²) in [5, 5.41) is 27.9. The van der Waals surface area contributed by atoms with E-state index in [-0.39, 0.29) is 12.7 Å². The lowest BCUT2D eigenvalue weighted by Crippen LogP contribution is -2.34. The lowest BCUT2D eigenvalue weighted by molar-refractivity contribution is 0.0708. The number of benzene rings is 1. The van der Waals surface area contributed by atoms with Crippen molar-refractivity contribution >= 4 is 0 Å². The highest BCUT2D eigenvalue weighted by molar-refractivity contribution is 5.36. The van der Waals surface area contributed by atoms with Crippen LogP contribution >= 0.6 is 0 Å². The number of aliphatic hydroxyl groups excluding tert-OH is 2. The molecule has 20 heavy (non-hydrogen) atoms. The number of ether oxygens (including phenoxy) is 1. The first-order valence-electron chi connectivity index (χ1n) is 6.69. The normalized spacial score (nSPS) is 13.8. The maximum Gasteiger partial charge on any atom is 0.120 e. The number of nitrogens with zero attached hydrogens (tertiary/aromatic N) is 2. The average Bonchev–Trinajstić information content (AvgIpc) is 2.43. The highest BCUT2D eigenvalue weighted by atomic mass is 16.5. The monoisotopic (exact) mass is 278 g/mol. The molecule has 0 spiro atoms. The maximum atomic E-state index is 9.88. The molecule has 0 saturated carbocycles. The molecule has 5 nitrogen and oxygen atoms in total. The SMILES string of the molecule is CC(O)CCN(C)CC(O)COc1cccc(C#N)c1. The molecule has 0 aliphatic heterocycles. The van der Waals surface area contributed by atoms with E-state index in [0.29, 0.717) is 24.3 Å². The van der Waals surface area contributed by atoms with E-state index in [9.17, 15) is 10.2 Å². The van der Waals surface area contributed by atoms with Crippen LogP contribution in [0.3, 0.4) is 0 Å². The Hall–Kier alpha value is -1.61. The van der Waals surface area contributed by atoms with Gasteiger partial charge >= 0.3 is 0 Å². The topological polar surface area (TPSA) is 76.7 Å². The molecule has 1 aromatic carbocycles. The van der Waals surface area contributed by atoms with E-state index in [2.05, 4.69) is 0 Å². The molecule has 110 valence electrons. The average molecular weight is 278 g/mol. The summed E-state index contributed by atoms with van der Waals surface area (Å²) in [7, 11) is 1.89. The van der Waals surface area contributed by atoms with Crippen LogP contribution in [0.15, 0.2) is 24.3 Å². The van der Waals surface area contributed by atoms with E-state index >= 15 is 0 Å². The van der Waals surface area contributed by atoms with Crippen LogP contribution in [0.5, 0.6) is 5.75 Å². The van der Waals surface area contributed by atoms with Crippen LogP contribution in [0.4, 0.5) is 0 Å². The van der Waals surface area contributed by atoms with Gasteiger partial charge in [-0.15, -0.1) is 0 Å². The van der Waals surface area contributed by atoms with E-state index in [0.717, 1.165) is 6.54 Å². The molecule has 1 rings (SSSR count). The van der Waals surface area contributed by atoms with E-state index in [1.54, 1.807) is 31.2 Å². The van der Waals surface area contributed by atoms with Crippen molar-refractivity contribution in [1.82, 2.24) is 4.90 Å². The Morgan fingerprint density at radius 2 is 2.15 bits per heavy atom. The second kappa shape index (κ2) is 8.54. The Morgan fingerprint density at radius 3 is 2.80 bits per heavy atom. The third-order valence-corrected chi connectivity index (χ3v) is 2.86. The Bertz CT molecular complexity index is 443. The molecule has 0 fully saturated rings. The van der Waals surface area contributed by atoms with Crippen LogP contribution in [0.1, 0.15) is 18.9 Å². The highest BCUT2D eigenvalue weighted by Crippen LogP contribution is 2.12. The zero-order valence-electron chi connectivity index (χ0n) is 12.0. The molecule has 0 saturated heterocycles. The molecule has 1 aromatic rings. The third kappa shape index (κ3) is 6.53. The van der Waals surface area contributed by atoms with Crippen molar-refractivity contribution in [1.29, 1.82) is 5.26 Å². The molecule has 0 bridgehead atoms. The molecule has 2 atom stereocenters. The first kappa shape index (κ1) is 16.4. The molecule has 0 aromatic heterocycles. The largest absolute Gasteiger partial charge is 0.491 e. The summed E-state index contributed by atoms with van der Waals surface area (Å²) in [6.07, 6.45) is -0.270. The standard InChI is InChI=1S/C15H22N2O3/c1-12(18)6-7-17(2)10-14(19)11-20-15-5-3-4-13(8-15)9-16/h3-5,8,12,14,18-19H,6-7,10-11H2,1-2H3. The predicted octanol–water partition coefficient (Wildman–Crippen LogP) is 1.00. The Labute approximate surface area is 120 Å². The summed E-state index contributed by atoms with van der Waals surface area (Å²) in [4.78, 5) is 1.95. The molecule has 0 aliphatic rings. The van der Waals surface area contributed by atoms with Gasteiger partial charge in [-0.25, -0.2) is 0 Å². The predicted molar refractivity (Wildman–Crippen MR) is 76.5 cm³/mol. The van der Waals surface area contributed by atoms with Gasteiger partial charge < -0.3 is 19.8 Å². The Balaban J connectivity index is 2.32. The summed E-state index contributed by atoms with van der Waals surface area (Å²) >= 11 is 0. The van der Waals surface area contributed by atoms with Crippen LogP contribution in [0.25, 0.3) is 0 Å². The van der Waals surface area contributed by atoms with Gasteiger partial charge in [-0.05, 0) is 38.6 Å². The van der Waals surface area contributed by atoms with Crippen molar-refractivity contribution in [3.8, 4) is 11.8 Å². The van der Waals surface area contributed by atoms with E-state index in [1.165, 1.54) is 0 Å². The molecule has 5 heteroatoms. The molecule has 0 radical (unpaired) electrons. The summed E-state index contributed by atoms with van der Waals surface area (Å²) in [6.45, 7) is 3.12. The van der Waals surface area contributed by atoms with Crippen molar-refractivity contribution in [3.63, 3.8) is 0 Å². The van der Waals surface area contributed by atoms with E-state index < -0.39 is 6.10 Å². The van der Waals surface area contributed by atoms with Gasteiger partial charge in [0.05, 0.1) is 17.7 Å². The van der Waals surface area contributed by atoms with Crippen molar-refractivity contribution in [3.05, 3.63) is 29.8 Å². The smallest absolute Gasteiger partial charge is 0.120 e. The van der Waals surface area contributed by atoms with Crippen LogP contribution in [-0.4, -0.2) is 54.1 Å². The zero-order valence-corrected chi connectivity index (χ0v) is 12.0. The fraction of sp³-hybridized carbons (Fsp3) is 0.533. The molecular weight excluding hydrogens is 256 g/mol. The number of hydrogen-bond acceptors (Lipinski definition) is 5. The number of rotatable bonds is 8. The second-order valence-electron chi connectivity index (χ2n) is 5.00. The molecule has 0 heterocycles. The molecule has 0 amide bonds. The van der Waals surface area contributed by atoms with Gasteiger partial charge in [-0.1, -0.05) is 6.07 Å². The summed E-state index contributed by atoms with van der Waals surface area (Å²) in [5.41, 5.74) is 0.533. The molecule has 2 N–H and O–H groups in total. The summed E-state index contributed by atoms with van der Waals surface area (Å²) < 4.78 is 5.46. The van der Waals surface area contributed by atoms with Crippen LogP contribution in [0.2, 0.25) is 0 Å². The Morgan fingerprint density at radius 1 is 1.40 bits per heavy atom. The third-order valence-electron chi connectivity index (χ3n) is 2.86. The molecular formula is C15H22N2O3. The van der Waals surface area contributed by atoms with Crippen LogP contribution < -0.4 is 4.74 Å². The van der Waals surface area contributed by atoms with E-state index in [1.807, 2.05) is 18.0 Å². The maximum absolute atomic E-state index is 9.88. The minimum atomic E-state index is -0.611. The first-order chi connectivity index (χ1) is 9.51. The van der Waals surface area contributed by atoms with Gasteiger partial charge in [0.1, 0.15) is 18.5 Å². The number of likely N-dealkylation sites (N-methyl/N-ethyl adjacent to an activating group) is 1. The van der Waals surface area contributed by atoms with Crippen molar-refractivity contribution < 1.29 is 14.9 Å². The van der Waals surface area contributed by atoms with Crippen molar-refractivity contribution in [2.45, 2.75) is 25.6 Å². The quantitative estimate of drug-likeness (QED) is 0.742. The fourth-order valence-corrected chi connectivity index (χ4v) is 1.76. The number of aliphatic hydroxyl groups is 2. The van der Waals surface area contributed by atoms with Crippen molar-refractivity contribution in [2.75, 3.05) is 26.7 Å². The minimum Gasteiger partial charge on any atom is -0.491 e. The van der Waals surface area contributed by atoms with Gasteiger partial charge in [0.25, 0.3) is 0 Å². The minimum absolute atomic E-state index is 0.175. The number of nitriles is 1. The van der Waals surface area contributed by atoms with Gasteiger partial charge in [-0.2, -0.15) is 5.26 Å². The van der Waals surface area contributed by atoms with Crippen molar-refractivity contribution in [2.24, 2.45) is 0 Å². The van der Waals surface area contributed by atoms with Gasteiger partial charge in [0.2, 0.25) is 0 Å². The van der Waals surface area contributed by atoms with Crippen LogP contribution in [0, 0.1) is 11.3 Å². The summed E-state index contributed by atoms with van der Waals surface area (Å²) in [5.74, 6) is 0.578. The first-order valence-corrected chi connectivity index (χ1v) is 6.69. The molecule has 2 unspecified atom stereocenters. The lowest BCUT2D eigenvalue weighted by atomic mass is 10.2. The highest BCUT2D eigenvalue weighted by Gasteiger charge is 2.10. The van der Waals surface area contributed by atoms with Crippen LogP contribution in [-0.2, 0) is 0 Å². The van der Waals surface area contributed by atoms with Gasteiger partial charge in [0, 0.05) is 13.1 Å². The van der Waals surface area contributed by atoms with E-state index in [4.69, 9.17) is 10.00 Å². The fourth-order valence-electron chi connectivity index (χ4n) is 1.76. The summed E-state index contributed by atoms with van der Waals surface area (Å²) in [6, 6.07) is 8.88. The lowest BCUT2D eigenvalue weighted by Gasteiger charge is -2.21. The van der Waals surface area contributed by atoms with Gasteiger partial charge in [-0.3, -0.25) is 0 Å². The van der Waals surface area contributed by atoms with Gasteiger partial charge in [0.15, 0.2) is 0 Å². The zero-order chi connectivity index (χ0) is 15.0. The Kier molecular flexibility index (Phi) is 7.02. The number of hydrogen-bond donors (Lipinski definition) is 2. The molecule has 0 aliphatic carbocycles. The second-order valence-corrected chi connectivity index (χ2v) is 5.00.